The van der Waals surface area contributed by atoms with Crippen LogP contribution in [0.5, 0.6) is 0 Å². The van der Waals surface area contributed by atoms with E-state index in [1.165, 1.54) is 18.2 Å². The van der Waals surface area contributed by atoms with Crippen molar-refractivity contribution in [1.29, 1.82) is 0 Å². The molecule has 0 bridgehead atoms. The number of nitrogens with one attached hydrogen (secondary N) is 2. The van der Waals surface area contributed by atoms with Gasteiger partial charge < -0.3 is 20.0 Å². The first kappa shape index (κ1) is 24.0. The molecule has 9 nitrogen and oxygen atoms in total. The summed E-state index contributed by atoms with van der Waals surface area (Å²) >= 11 is 0. The van der Waals surface area contributed by atoms with Crippen LogP contribution in [0.2, 0.25) is 0 Å². The number of likely N-dealkylation sites (N-methyl/N-ethyl adjacent to an activating group) is 1. The van der Waals surface area contributed by atoms with Gasteiger partial charge in [-0.05, 0) is 31.5 Å². The number of H-pyrrole nitrogens is 1. The van der Waals surface area contributed by atoms with Gasteiger partial charge >= 0.3 is 11.9 Å². The van der Waals surface area contributed by atoms with Gasteiger partial charge in [0.1, 0.15) is 0 Å². The van der Waals surface area contributed by atoms with Gasteiger partial charge in [-0.2, -0.15) is 23.1 Å². The largest absolute Gasteiger partial charge is 0.416 e. The number of halogens is 3. The average molecular weight is 480 g/mol. The lowest BCUT2D eigenvalue weighted by Gasteiger charge is -2.34. The van der Waals surface area contributed by atoms with Crippen molar-refractivity contribution in [3.8, 4) is 0 Å². The highest BCUT2D eigenvalue weighted by molar-refractivity contribution is 5.79. The fraction of sp³-hybridized carbons (Fsp3) is 0.545. The minimum absolute atomic E-state index is 0.0362. The summed E-state index contributed by atoms with van der Waals surface area (Å²) in [6.45, 7) is 4.02. The van der Waals surface area contributed by atoms with Crippen LogP contribution in [-0.2, 0) is 17.5 Å². The highest BCUT2D eigenvalue weighted by Gasteiger charge is 2.33. The molecule has 1 aromatic carbocycles. The quantitative estimate of drug-likeness (QED) is 0.670. The first-order valence-corrected chi connectivity index (χ1v) is 11.3. The summed E-state index contributed by atoms with van der Waals surface area (Å²) < 4.78 is 39.5. The molecule has 0 aliphatic carbocycles. The summed E-state index contributed by atoms with van der Waals surface area (Å²) in [5.74, 6) is 0.219. The molecule has 0 unspecified atom stereocenters. The Kier molecular flexibility index (Phi) is 7.05. The molecular weight excluding hydrogens is 451 g/mol. The lowest BCUT2D eigenvalue weighted by Crippen LogP contribution is -2.46. The monoisotopic (exact) mass is 479 g/mol. The molecule has 12 heteroatoms. The van der Waals surface area contributed by atoms with Gasteiger partial charge in [-0.3, -0.25) is 9.78 Å². The number of carbonyl (C=O) groups is 1. The molecule has 2 aliphatic rings. The maximum Gasteiger partial charge on any atom is 0.416 e. The van der Waals surface area contributed by atoms with E-state index >= 15 is 0 Å². The van der Waals surface area contributed by atoms with Gasteiger partial charge in [-0.1, -0.05) is 18.2 Å². The predicted molar refractivity (Wildman–Crippen MR) is 121 cm³/mol. The Bertz CT molecular complexity index is 1060. The number of piperazine rings is 1. The van der Waals surface area contributed by atoms with Gasteiger partial charge in [0, 0.05) is 51.7 Å². The van der Waals surface area contributed by atoms with Gasteiger partial charge in [0.15, 0.2) is 0 Å². The molecule has 0 spiro atoms. The summed E-state index contributed by atoms with van der Waals surface area (Å²) in [5.41, 5.74) is -1.18. The number of nitrogens with zero attached hydrogens (tertiary/aromatic N) is 5. The number of benzene rings is 1. The number of aromatic nitrogens is 3. The second kappa shape index (κ2) is 10.00. The average Bonchev–Trinajstić information content (AvgIpc) is 2.82. The number of hydrogen-bond donors (Lipinski definition) is 2. The lowest BCUT2D eigenvalue weighted by molar-refractivity contribution is -0.138. The lowest BCUT2D eigenvalue weighted by atomic mass is 9.96. The van der Waals surface area contributed by atoms with Crippen molar-refractivity contribution in [3.63, 3.8) is 0 Å². The van der Waals surface area contributed by atoms with E-state index in [2.05, 4.69) is 25.2 Å². The number of alkyl halides is 3. The Hall–Kier alpha value is -3.15. The van der Waals surface area contributed by atoms with Crippen molar-refractivity contribution in [2.24, 2.45) is 5.92 Å². The zero-order chi connectivity index (χ0) is 24.3. The van der Waals surface area contributed by atoms with Crippen LogP contribution in [0.25, 0.3) is 0 Å². The van der Waals surface area contributed by atoms with Crippen LogP contribution in [0.3, 0.4) is 0 Å². The Morgan fingerprint density at radius 3 is 2.41 bits per heavy atom. The third-order valence-electron chi connectivity index (χ3n) is 6.35. The van der Waals surface area contributed by atoms with E-state index in [1.807, 2.05) is 16.8 Å². The van der Waals surface area contributed by atoms with E-state index in [0.717, 1.165) is 32.2 Å². The standard InChI is InChI=1S/C22H28F3N7O2/c1-30-10-12-32(13-11-30)20-27-19(28-21(34)29-20)31-8-6-15(7-9-31)18(33)26-14-16-4-2-3-5-17(16)22(23,24)25/h2-5,15H,6-14H2,1H3,(H,26,33)(H,27,28,29,34). The molecule has 1 aromatic heterocycles. The molecule has 2 saturated heterocycles. The van der Waals surface area contributed by atoms with E-state index in [4.69, 9.17) is 0 Å². The van der Waals surface area contributed by atoms with Crippen LogP contribution in [0, 0.1) is 5.92 Å². The molecular formula is C22H28F3N7O2. The van der Waals surface area contributed by atoms with Crippen molar-refractivity contribution in [3.05, 3.63) is 45.9 Å². The Labute approximate surface area is 195 Å². The van der Waals surface area contributed by atoms with Gasteiger partial charge in [0.25, 0.3) is 0 Å². The smallest absolute Gasteiger partial charge is 0.352 e. The molecule has 0 radical (unpaired) electrons. The molecule has 2 aromatic rings. The van der Waals surface area contributed by atoms with Crippen molar-refractivity contribution < 1.29 is 18.0 Å². The molecule has 4 rings (SSSR count). The van der Waals surface area contributed by atoms with Crippen LogP contribution in [0.1, 0.15) is 24.0 Å². The molecule has 2 fully saturated rings. The van der Waals surface area contributed by atoms with Gasteiger partial charge in [-0.25, -0.2) is 4.79 Å². The number of piperidine rings is 1. The first-order valence-electron chi connectivity index (χ1n) is 11.3. The topological polar surface area (TPSA) is 97.5 Å². The maximum atomic E-state index is 13.2. The molecule has 2 N–H and O–H groups in total. The van der Waals surface area contributed by atoms with Gasteiger partial charge in [0.2, 0.25) is 17.8 Å². The van der Waals surface area contributed by atoms with Crippen molar-refractivity contribution in [1.82, 2.24) is 25.2 Å². The zero-order valence-electron chi connectivity index (χ0n) is 18.9. The van der Waals surface area contributed by atoms with Gasteiger partial charge in [-0.15, -0.1) is 0 Å². The molecule has 1 amide bonds. The third-order valence-corrected chi connectivity index (χ3v) is 6.35. The van der Waals surface area contributed by atoms with E-state index in [-0.39, 0.29) is 23.9 Å². The van der Waals surface area contributed by atoms with Gasteiger partial charge in [0.05, 0.1) is 5.56 Å². The van der Waals surface area contributed by atoms with E-state index < -0.39 is 17.4 Å². The minimum Gasteiger partial charge on any atom is -0.352 e. The molecule has 34 heavy (non-hydrogen) atoms. The SMILES string of the molecule is CN1CCN(c2nc(N3CCC(C(=O)NCc4ccccc4C(F)(F)F)CC3)nc(=O)[nH]2)CC1. The number of aromatic amines is 1. The predicted octanol–water partition coefficient (Wildman–Crippen LogP) is 1.47. The molecule has 184 valence electrons. The zero-order valence-corrected chi connectivity index (χ0v) is 18.9. The summed E-state index contributed by atoms with van der Waals surface area (Å²) in [6.07, 6.45) is -3.48. The van der Waals surface area contributed by atoms with E-state index in [9.17, 15) is 22.8 Å². The van der Waals surface area contributed by atoms with Crippen molar-refractivity contribution in [2.75, 3.05) is 56.1 Å². The highest BCUT2D eigenvalue weighted by Crippen LogP contribution is 2.32. The highest BCUT2D eigenvalue weighted by atomic mass is 19.4. The number of amides is 1. The normalized spacial score (nSPS) is 18.2. The molecule has 2 aliphatic heterocycles. The Balaban J connectivity index is 1.34. The summed E-state index contributed by atoms with van der Waals surface area (Å²) in [6, 6.07) is 5.23. The second-order valence-electron chi connectivity index (χ2n) is 8.70. The van der Waals surface area contributed by atoms with Crippen LogP contribution in [0.4, 0.5) is 25.1 Å². The summed E-state index contributed by atoms with van der Waals surface area (Å²) in [4.78, 5) is 42.1. The number of carbonyl (C=O) groups excluding carboxylic acids is 1. The Morgan fingerprint density at radius 1 is 1.06 bits per heavy atom. The first-order chi connectivity index (χ1) is 16.2. The van der Waals surface area contributed by atoms with Crippen LogP contribution in [0.15, 0.2) is 29.1 Å². The van der Waals surface area contributed by atoms with Crippen molar-refractivity contribution in [2.45, 2.75) is 25.6 Å². The van der Waals surface area contributed by atoms with E-state index in [1.54, 1.807) is 0 Å². The minimum atomic E-state index is -4.47. The fourth-order valence-electron chi connectivity index (χ4n) is 4.29. The van der Waals surface area contributed by atoms with Crippen LogP contribution in [-0.4, -0.2) is 72.1 Å². The maximum absolute atomic E-state index is 13.2. The summed E-state index contributed by atoms with van der Waals surface area (Å²) in [7, 11) is 2.04. The van der Waals surface area contributed by atoms with E-state index in [0.29, 0.717) is 37.8 Å². The molecule has 3 heterocycles. The number of hydrogen-bond acceptors (Lipinski definition) is 7. The Morgan fingerprint density at radius 2 is 1.74 bits per heavy atom. The molecule has 0 saturated carbocycles. The number of rotatable bonds is 5. The fourth-order valence-corrected chi connectivity index (χ4v) is 4.29. The number of anilines is 2. The third kappa shape index (κ3) is 5.66. The van der Waals surface area contributed by atoms with Crippen LogP contribution < -0.4 is 20.8 Å². The second-order valence-corrected chi connectivity index (χ2v) is 8.70. The molecule has 0 atom stereocenters. The van der Waals surface area contributed by atoms with Crippen LogP contribution >= 0.6 is 0 Å². The summed E-state index contributed by atoms with van der Waals surface area (Å²) in [5, 5.41) is 2.65. The van der Waals surface area contributed by atoms with Crippen molar-refractivity contribution >= 4 is 17.8 Å².